The summed E-state index contributed by atoms with van der Waals surface area (Å²) in [7, 11) is 0. The summed E-state index contributed by atoms with van der Waals surface area (Å²) in [5.74, 6) is -2.81. The fourth-order valence-electron chi connectivity index (χ4n) is 3.28. The van der Waals surface area contributed by atoms with Gasteiger partial charge in [-0.15, -0.1) is 0 Å². The molecule has 13 heteroatoms. The number of rotatable bonds is 6. The van der Waals surface area contributed by atoms with E-state index in [0.717, 1.165) is 11.1 Å². The molecular weight excluding hydrogens is 463 g/mol. The van der Waals surface area contributed by atoms with Crippen molar-refractivity contribution in [3.05, 3.63) is 47.7 Å². The molecule has 1 saturated carbocycles. The van der Waals surface area contributed by atoms with Gasteiger partial charge in [0.15, 0.2) is 11.9 Å². The summed E-state index contributed by atoms with van der Waals surface area (Å²) < 4.78 is 63.5. The lowest BCUT2D eigenvalue weighted by Crippen LogP contribution is -2.22. The highest BCUT2D eigenvalue weighted by Crippen LogP contribution is 2.32. The zero-order chi connectivity index (χ0) is 24.8. The molecule has 0 radical (unpaired) electrons. The molecular formula is C21H23F5N6O2. The highest BCUT2D eigenvalue weighted by Gasteiger charge is 2.30. The van der Waals surface area contributed by atoms with Crippen LogP contribution in [0.4, 0.5) is 22.0 Å². The van der Waals surface area contributed by atoms with Crippen LogP contribution < -0.4 is 5.32 Å². The highest BCUT2D eigenvalue weighted by molar-refractivity contribution is 5.93. The van der Waals surface area contributed by atoms with Gasteiger partial charge in [0.2, 0.25) is 5.92 Å². The first-order valence-corrected chi connectivity index (χ1v) is 10.6. The molecule has 184 valence electrons. The van der Waals surface area contributed by atoms with E-state index in [0.29, 0.717) is 36.0 Å². The van der Waals surface area contributed by atoms with E-state index in [-0.39, 0.29) is 31.5 Å². The number of aromatic nitrogens is 5. The van der Waals surface area contributed by atoms with Crippen LogP contribution in [0.15, 0.2) is 30.9 Å². The monoisotopic (exact) mass is 486 g/mol. The number of halogens is 5. The fourth-order valence-corrected chi connectivity index (χ4v) is 3.28. The molecule has 1 N–H and O–H groups in total. The van der Waals surface area contributed by atoms with E-state index in [1.54, 1.807) is 12.3 Å². The average Bonchev–Trinajstić information content (AvgIpc) is 3.42. The summed E-state index contributed by atoms with van der Waals surface area (Å²) in [5.41, 5.74) is 1.50. The lowest BCUT2D eigenvalue weighted by atomic mass is 9.97. The lowest BCUT2D eigenvalue weighted by Gasteiger charge is -2.20. The van der Waals surface area contributed by atoms with E-state index < -0.39 is 24.4 Å². The Kier molecular flexibility index (Phi) is 7.94. The largest absolute Gasteiger partial charge is 0.390 e. The van der Waals surface area contributed by atoms with Crippen molar-refractivity contribution < 1.29 is 31.5 Å². The van der Waals surface area contributed by atoms with E-state index in [1.807, 2.05) is 0 Å². The Morgan fingerprint density at radius 1 is 1.12 bits per heavy atom. The zero-order valence-electron chi connectivity index (χ0n) is 18.1. The predicted molar refractivity (Wildman–Crippen MR) is 110 cm³/mol. The van der Waals surface area contributed by atoms with Crippen LogP contribution in [0, 0.1) is 0 Å². The average molecular weight is 486 g/mol. The topological polar surface area (TPSA) is 94.2 Å². The number of imidazole rings is 1. The van der Waals surface area contributed by atoms with E-state index in [9.17, 15) is 31.5 Å². The minimum absolute atomic E-state index is 0.0896. The van der Waals surface area contributed by atoms with E-state index in [4.69, 9.17) is 0 Å². The number of hydrogen-bond donors (Lipinski definition) is 1. The summed E-state index contributed by atoms with van der Waals surface area (Å²) in [6.45, 7) is -0.264. The van der Waals surface area contributed by atoms with Crippen molar-refractivity contribution in [2.75, 3.05) is 0 Å². The number of hydrogen-bond acceptors (Lipinski definition) is 5. The Bertz CT molecular complexity index is 1120. The van der Waals surface area contributed by atoms with E-state index in [1.165, 1.54) is 23.1 Å². The molecule has 0 atom stereocenters. The Morgan fingerprint density at radius 2 is 1.85 bits per heavy atom. The number of amides is 1. The van der Waals surface area contributed by atoms with Crippen molar-refractivity contribution in [2.45, 2.75) is 63.7 Å². The van der Waals surface area contributed by atoms with Crippen molar-refractivity contribution in [3.63, 3.8) is 0 Å². The van der Waals surface area contributed by atoms with Gasteiger partial charge in [-0.2, -0.15) is 23.4 Å². The van der Waals surface area contributed by atoms with Crippen molar-refractivity contribution >= 4 is 17.8 Å². The third kappa shape index (κ3) is 7.59. The molecule has 0 bridgehead atoms. The first-order chi connectivity index (χ1) is 16.0. The van der Waals surface area contributed by atoms with Crippen LogP contribution in [0.3, 0.4) is 0 Å². The smallest absolute Gasteiger partial charge is 0.346 e. The van der Waals surface area contributed by atoms with Gasteiger partial charge < -0.3 is 5.32 Å². The van der Waals surface area contributed by atoms with Gasteiger partial charge in [-0.25, -0.2) is 18.3 Å². The standard InChI is InChI=1S/C15H13F3N6O2.C6H10F2/c16-15(17,18)1-2-23-7-11(5-20-23)14(26)19-6-12-8-24-13(22-12)3-10(9-25)4-21-24;7-6(8)4-2-1-3-5-6/h3-5,7-9H,1-2,6H2,(H,19,26);1-5H2. The summed E-state index contributed by atoms with van der Waals surface area (Å²) in [6.07, 6.45) is 3.45. The van der Waals surface area contributed by atoms with Gasteiger partial charge in [-0.3, -0.25) is 14.3 Å². The molecule has 0 aliphatic heterocycles. The molecule has 3 aromatic rings. The molecule has 3 heterocycles. The molecule has 0 spiro atoms. The Morgan fingerprint density at radius 3 is 2.47 bits per heavy atom. The summed E-state index contributed by atoms with van der Waals surface area (Å²) in [6, 6.07) is 1.55. The fraction of sp³-hybridized carbons (Fsp3) is 0.476. The quantitative estimate of drug-likeness (QED) is 0.416. The maximum atomic E-state index is 12.2. The van der Waals surface area contributed by atoms with Gasteiger partial charge >= 0.3 is 6.18 Å². The van der Waals surface area contributed by atoms with Crippen LogP contribution in [-0.4, -0.2) is 48.7 Å². The first-order valence-electron chi connectivity index (χ1n) is 10.6. The van der Waals surface area contributed by atoms with Crippen LogP contribution in [0.25, 0.3) is 5.65 Å². The van der Waals surface area contributed by atoms with Gasteiger partial charge in [-0.1, -0.05) is 6.42 Å². The normalized spacial score (nSPS) is 15.4. The summed E-state index contributed by atoms with van der Waals surface area (Å²) >= 11 is 0. The molecule has 3 aromatic heterocycles. The molecule has 1 aliphatic carbocycles. The molecule has 1 fully saturated rings. The maximum Gasteiger partial charge on any atom is 0.390 e. The second-order valence-electron chi connectivity index (χ2n) is 7.90. The van der Waals surface area contributed by atoms with Crippen molar-refractivity contribution in [2.24, 2.45) is 0 Å². The van der Waals surface area contributed by atoms with E-state index >= 15 is 0 Å². The van der Waals surface area contributed by atoms with Crippen molar-refractivity contribution in [1.82, 2.24) is 29.7 Å². The number of alkyl halides is 5. The number of fused-ring (bicyclic) bond motifs is 1. The van der Waals surface area contributed by atoms with Crippen LogP contribution in [0.2, 0.25) is 0 Å². The maximum absolute atomic E-state index is 12.2. The van der Waals surface area contributed by atoms with Gasteiger partial charge in [0.05, 0.1) is 42.8 Å². The SMILES string of the molecule is FC1(F)CCCCC1.O=Cc1cnn2cc(CNC(=O)c3cnn(CCC(F)(F)F)c3)nc2c1. The second-order valence-corrected chi connectivity index (χ2v) is 7.90. The molecule has 1 aliphatic rings. The van der Waals surface area contributed by atoms with Gasteiger partial charge in [0.1, 0.15) is 0 Å². The third-order valence-corrected chi connectivity index (χ3v) is 5.06. The molecule has 1 amide bonds. The predicted octanol–water partition coefficient (Wildman–Crippen LogP) is 4.21. The Balaban J connectivity index is 0.000000343. The third-order valence-electron chi connectivity index (χ3n) is 5.06. The first kappa shape index (κ1) is 25.2. The van der Waals surface area contributed by atoms with Crippen LogP contribution in [-0.2, 0) is 13.1 Å². The number of carbonyl (C=O) groups excluding carboxylic acids is 2. The molecule has 0 saturated heterocycles. The van der Waals surface area contributed by atoms with Gasteiger partial charge in [0.25, 0.3) is 5.91 Å². The molecule has 34 heavy (non-hydrogen) atoms. The zero-order valence-corrected chi connectivity index (χ0v) is 18.1. The summed E-state index contributed by atoms with van der Waals surface area (Å²) in [4.78, 5) is 27.0. The number of nitrogens with one attached hydrogen (secondary N) is 1. The van der Waals surface area contributed by atoms with Crippen LogP contribution in [0.5, 0.6) is 0 Å². The van der Waals surface area contributed by atoms with Crippen LogP contribution in [0.1, 0.15) is 64.9 Å². The number of aldehydes is 1. The van der Waals surface area contributed by atoms with Gasteiger partial charge in [-0.05, 0) is 18.9 Å². The summed E-state index contributed by atoms with van der Waals surface area (Å²) in [5, 5.41) is 10.4. The van der Waals surface area contributed by atoms with E-state index in [2.05, 4.69) is 20.5 Å². The minimum atomic E-state index is -4.28. The molecule has 4 rings (SSSR count). The van der Waals surface area contributed by atoms with Crippen molar-refractivity contribution in [1.29, 1.82) is 0 Å². The lowest BCUT2D eigenvalue weighted by molar-refractivity contribution is -0.137. The van der Waals surface area contributed by atoms with Crippen molar-refractivity contribution in [3.8, 4) is 0 Å². The highest BCUT2D eigenvalue weighted by atomic mass is 19.4. The van der Waals surface area contributed by atoms with Crippen LogP contribution >= 0.6 is 0 Å². The Labute approximate surface area is 191 Å². The number of aryl methyl sites for hydroxylation is 1. The Hall–Kier alpha value is -3.38. The minimum Gasteiger partial charge on any atom is -0.346 e. The molecule has 0 aromatic carbocycles. The van der Waals surface area contributed by atoms with Gasteiger partial charge in [0, 0.05) is 31.1 Å². The number of nitrogens with zero attached hydrogens (tertiary/aromatic N) is 5. The number of carbonyl (C=O) groups is 2. The molecule has 0 unspecified atom stereocenters. The molecule has 8 nitrogen and oxygen atoms in total. The second kappa shape index (κ2) is 10.7.